The van der Waals surface area contributed by atoms with Crippen LogP contribution >= 0.6 is 23.2 Å². The number of carboxylic acid groups (broad SMARTS) is 1. The summed E-state index contributed by atoms with van der Waals surface area (Å²) in [5.41, 5.74) is 1.44. The highest BCUT2D eigenvalue weighted by Gasteiger charge is 2.23. The van der Waals surface area contributed by atoms with Gasteiger partial charge in [0.15, 0.2) is 6.10 Å². The van der Waals surface area contributed by atoms with Gasteiger partial charge in [-0.15, -0.1) is 0 Å². The minimum Gasteiger partial charge on any atom is -0.478 e. The molecule has 3 aromatic rings. The van der Waals surface area contributed by atoms with Gasteiger partial charge in [-0.2, -0.15) is 0 Å². The molecule has 28 heavy (non-hydrogen) atoms. The van der Waals surface area contributed by atoms with E-state index < -0.39 is 12.1 Å². The Labute approximate surface area is 173 Å². The highest BCUT2D eigenvalue weighted by Crippen LogP contribution is 2.30. The Bertz CT molecular complexity index is 974. The number of para-hydroxylation sites is 1. The van der Waals surface area contributed by atoms with Gasteiger partial charge in [0.1, 0.15) is 17.2 Å². The van der Waals surface area contributed by atoms with E-state index in [0.717, 1.165) is 5.56 Å². The normalized spacial score (nSPS) is 11.7. The number of halogens is 2. The quantitative estimate of drug-likeness (QED) is 0.500. The molecule has 0 aliphatic carbocycles. The first-order chi connectivity index (χ1) is 13.4. The van der Waals surface area contributed by atoms with E-state index in [2.05, 4.69) is 0 Å². The van der Waals surface area contributed by atoms with E-state index in [1.807, 2.05) is 37.3 Å². The largest absolute Gasteiger partial charge is 0.478 e. The fourth-order valence-corrected chi connectivity index (χ4v) is 2.97. The Hall–Kier alpha value is -2.69. The molecule has 4 nitrogen and oxygen atoms in total. The van der Waals surface area contributed by atoms with E-state index in [1.165, 1.54) is 0 Å². The van der Waals surface area contributed by atoms with Crippen molar-refractivity contribution in [1.82, 2.24) is 0 Å². The van der Waals surface area contributed by atoms with Gasteiger partial charge in [-0.1, -0.05) is 41.4 Å². The van der Waals surface area contributed by atoms with Gasteiger partial charge in [0.2, 0.25) is 0 Å². The minimum absolute atomic E-state index is 0.0831. The van der Waals surface area contributed by atoms with Crippen LogP contribution in [0.1, 0.15) is 11.1 Å². The third kappa shape index (κ3) is 5.18. The van der Waals surface area contributed by atoms with Crippen molar-refractivity contribution in [3.05, 3.63) is 87.9 Å². The molecule has 0 amide bonds. The minimum atomic E-state index is -1.11. The first-order valence-corrected chi connectivity index (χ1v) is 9.35. The molecule has 0 aliphatic heterocycles. The molecule has 3 rings (SSSR count). The van der Waals surface area contributed by atoms with Gasteiger partial charge in [-0.3, -0.25) is 0 Å². The zero-order valence-electron chi connectivity index (χ0n) is 15.1. The summed E-state index contributed by atoms with van der Waals surface area (Å²) in [5.74, 6) is 0.519. The smallest absolute Gasteiger partial charge is 0.345 e. The number of hydrogen-bond acceptors (Lipinski definition) is 3. The van der Waals surface area contributed by atoms with Crippen LogP contribution in [0.15, 0.2) is 66.7 Å². The molecular weight excluding hydrogens is 399 g/mol. The molecule has 0 unspecified atom stereocenters. The highest BCUT2D eigenvalue weighted by molar-refractivity contribution is 6.31. The molecule has 1 N–H and O–H groups in total. The summed E-state index contributed by atoms with van der Waals surface area (Å²) in [6.45, 7) is 1.83. The molecule has 0 radical (unpaired) electrons. The number of benzene rings is 3. The number of carboxylic acids is 1. The summed E-state index contributed by atoms with van der Waals surface area (Å²) >= 11 is 12.1. The van der Waals surface area contributed by atoms with Gasteiger partial charge in [0, 0.05) is 22.0 Å². The predicted octanol–water partition coefficient (Wildman–Crippen LogP) is 6.17. The maximum Gasteiger partial charge on any atom is 0.345 e. The van der Waals surface area contributed by atoms with Crippen LogP contribution in [0.4, 0.5) is 0 Å². The summed E-state index contributed by atoms with van der Waals surface area (Å²) in [6.07, 6.45) is -1.03. The van der Waals surface area contributed by atoms with Crippen LogP contribution < -0.4 is 9.47 Å². The Morgan fingerprint density at radius 2 is 1.75 bits per heavy atom. The molecule has 0 saturated carbocycles. The molecule has 0 aromatic heterocycles. The van der Waals surface area contributed by atoms with Crippen LogP contribution in [0.25, 0.3) is 0 Å². The monoisotopic (exact) mass is 416 g/mol. The third-order valence-electron chi connectivity index (χ3n) is 4.08. The van der Waals surface area contributed by atoms with Crippen molar-refractivity contribution in [1.29, 1.82) is 0 Å². The molecular formula is C22H18Cl2O4. The molecule has 1 atom stereocenters. The van der Waals surface area contributed by atoms with E-state index in [9.17, 15) is 9.90 Å². The van der Waals surface area contributed by atoms with Crippen LogP contribution in [0.5, 0.6) is 17.2 Å². The molecule has 3 aromatic carbocycles. The average Bonchev–Trinajstić information content (AvgIpc) is 2.67. The topological polar surface area (TPSA) is 55.8 Å². The Kier molecular flexibility index (Phi) is 6.45. The second-order valence-corrected chi connectivity index (χ2v) is 7.07. The van der Waals surface area contributed by atoms with E-state index in [-0.39, 0.29) is 6.42 Å². The first-order valence-electron chi connectivity index (χ1n) is 8.59. The number of aliphatic carboxylic acids is 1. The lowest BCUT2D eigenvalue weighted by Gasteiger charge is -2.18. The number of aryl methyl sites for hydroxylation is 1. The second kappa shape index (κ2) is 9.00. The van der Waals surface area contributed by atoms with Crippen LogP contribution in [0.3, 0.4) is 0 Å². The molecule has 6 heteroatoms. The third-order valence-corrected chi connectivity index (χ3v) is 4.74. The summed E-state index contributed by atoms with van der Waals surface area (Å²) < 4.78 is 11.6. The number of ether oxygens (including phenoxy) is 2. The lowest BCUT2D eigenvalue weighted by molar-refractivity contribution is -0.145. The van der Waals surface area contributed by atoms with Gasteiger partial charge in [-0.05, 0) is 61.0 Å². The summed E-state index contributed by atoms with van der Waals surface area (Å²) in [7, 11) is 0. The van der Waals surface area contributed by atoms with E-state index in [0.29, 0.717) is 32.9 Å². The second-order valence-electron chi connectivity index (χ2n) is 6.23. The maximum atomic E-state index is 11.8. The standard InChI is InChI=1S/C22H18Cl2O4/c1-14-11-18(8-9-19(14)24)28-21(22(25)26)13-15-12-16(23)7-10-20(15)27-17-5-3-2-4-6-17/h2-12,21H,13H2,1H3,(H,25,26)/t21-/m1/s1. The Balaban J connectivity index is 1.85. The molecule has 0 fully saturated rings. The molecule has 0 bridgehead atoms. The van der Waals surface area contributed by atoms with Crippen molar-refractivity contribution in [2.24, 2.45) is 0 Å². The maximum absolute atomic E-state index is 11.8. The molecule has 0 spiro atoms. The van der Waals surface area contributed by atoms with Gasteiger partial charge in [0.05, 0.1) is 0 Å². The molecule has 0 heterocycles. The zero-order valence-corrected chi connectivity index (χ0v) is 16.6. The lowest BCUT2D eigenvalue weighted by Crippen LogP contribution is -2.29. The van der Waals surface area contributed by atoms with Crippen molar-refractivity contribution < 1.29 is 19.4 Å². The summed E-state index contributed by atoms with van der Waals surface area (Å²) in [4.78, 5) is 11.8. The first kappa shape index (κ1) is 20.1. The van der Waals surface area contributed by atoms with Crippen LogP contribution in [-0.2, 0) is 11.2 Å². The average molecular weight is 417 g/mol. The Morgan fingerprint density at radius 1 is 1.00 bits per heavy atom. The fourth-order valence-electron chi connectivity index (χ4n) is 2.66. The van der Waals surface area contributed by atoms with E-state index in [4.69, 9.17) is 32.7 Å². The van der Waals surface area contributed by atoms with Crippen LogP contribution in [-0.4, -0.2) is 17.2 Å². The molecule has 0 saturated heterocycles. The molecule has 144 valence electrons. The van der Waals surface area contributed by atoms with E-state index >= 15 is 0 Å². The lowest BCUT2D eigenvalue weighted by atomic mass is 10.1. The van der Waals surface area contributed by atoms with Crippen molar-refractivity contribution in [2.75, 3.05) is 0 Å². The highest BCUT2D eigenvalue weighted by atomic mass is 35.5. The van der Waals surface area contributed by atoms with Crippen LogP contribution in [0.2, 0.25) is 10.0 Å². The van der Waals surface area contributed by atoms with Crippen molar-refractivity contribution in [2.45, 2.75) is 19.4 Å². The fraction of sp³-hybridized carbons (Fsp3) is 0.136. The number of carbonyl (C=O) groups is 1. The van der Waals surface area contributed by atoms with Gasteiger partial charge < -0.3 is 14.6 Å². The van der Waals surface area contributed by atoms with Crippen LogP contribution in [0, 0.1) is 6.92 Å². The predicted molar refractivity (Wildman–Crippen MR) is 110 cm³/mol. The van der Waals surface area contributed by atoms with Gasteiger partial charge in [-0.25, -0.2) is 4.79 Å². The van der Waals surface area contributed by atoms with Crippen molar-refractivity contribution in [3.8, 4) is 17.2 Å². The van der Waals surface area contributed by atoms with E-state index in [1.54, 1.807) is 36.4 Å². The van der Waals surface area contributed by atoms with Crippen molar-refractivity contribution in [3.63, 3.8) is 0 Å². The van der Waals surface area contributed by atoms with Gasteiger partial charge in [0.25, 0.3) is 0 Å². The zero-order chi connectivity index (χ0) is 20.1. The number of hydrogen-bond donors (Lipinski definition) is 1. The summed E-state index contributed by atoms with van der Waals surface area (Å²) in [5, 5.41) is 10.7. The van der Waals surface area contributed by atoms with Gasteiger partial charge >= 0.3 is 5.97 Å². The SMILES string of the molecule is Cc1cc(O[C@H](Cc2cc(Cl)ccc2Oc2ccccc2)C(=O)O)ccc1Cl. The molecule has 0 aliphatic rings. The van der Waals surface area contributed by atoms with Crippen molar-refractivity contribution >= 4 is 29.2 Å². The number of rotatable bonds is 7. The Morgan fingerprint density at radius 3 is 2.43 bits per heavy atom. The summed E-state index contributed by atoms with van der Waals surface area (Å²) in [6, 6.07) is 19.4.